The van der Waals surface area contributed by atoms with Crippen molar-refractivity contribution >= 4 is 0 Å². The molecule has 0 saturated carbocycles. The van der Waals surface area contributed by atoms with Crippen LogP contribution >= 0.6 is 0 Å². The molecule has 0 radical (unpaired) electrons. The Balaban J connectivity index is 1.98. The van der Waals surface area contributed by atoms with E-state index in [0.717, 1.165) is 5.56 Å². The fourth-order valence-electron chi connectivity index (χ4n) is 1.34. The SMILES string of the molecule is CC#CCNCc1nnc(-c2ccccc2)o1. The monoisotopic (exact) mass is 227 g/mol. The van der Waals surface area contributed by atoms with Gasteiger partial charge in [0.15, 0.2) is 0 Å². The first-order valence-corrected chi connectivity index (χ1v) is 5.38. The lowest BCUT2D eigenvalue weighted by Crippen LogP contribution is -2.13. The highest BCUT2D eigenvalue weighted by Gasteiger charge is 2.06. The van der Waals surface area contributed by atoms with Gasteiger partial charge < -0.3 is 4.42 Å². The van der Waals surface area contributed by atoms with Crippen molar-refractivity contribution in [2.24, 2.45) is 0 Å². The Hall–Kier alpha value is -2.12. The molecule has 4 heteroatoms. The van der Waals surface area contributed by atoms with Crippen molar-refractivity contribution in [3.63, 3.8) is 0 Å². The third-order valence-electron chi connectivity index (χ3n) is 2.15. The zero-order chi connectivity index (χ0) is 11.9. The van der Waals surface area contributed by atoms with Crippen molar-refractivity contribution in [3.05, 3.63) is 36.2 Å². The van der Waals surface area contributed by atoms with E-state index in [1.165, 1.54) is 0 Å². The van der Waals surface area contributed by atoms with Crippen LogP contribution in [-0.2, 0) is 6.54 Å². The van der Waals surface area contributed by atoms with Crippen LogP contribution in [0.4, 0.5) is 0 Å². The predicted octanol–water partition coefficient (Wildman–Crippen LogP) is 1.85. The summed E-state index contributed by atoms with van der Waals surface area (Å²) in [4.78, 5) is 0. The summed E-state index contributed by atoms with van der Waals surface area (Å²) >= 11 is 0. The summed E-state index contributed by atoms with van der Waals surface area (Å²) in [5.74, 6) is 6.83. The lowest BCUT2D eigenvalue weighted by molar-refractivity contribution is 0.486. The van der Waals surface area contributed by atoms with E-state index in [0.29, 0.717) is 24.9 Å². The number of hydrogen-bond acceptors (Lipinski definition) is 4. The maximum atomic E-state index is 5.52. The lowest BCUT2D eigenvalue weighted by Gasteiger charge is -1.94. The standard InChI is InChI=1S/C13H13N3O/c1-2-3-9-14-10-12-15-16-13(17-12)11-7-5-4-6-8-11/h4-8,14H,9-10H2,1H3. The third kappa shape index (κ3) is 3.16. The van der Waals surface area contributed by atoms with E-state index in [9.17, 15) is 0 Å². The molecule has 0 bridgehead atoms. The average molecular weight is 227 g/mol. The molecule has 0 aliphatic heterocycles. The van der Waals surface area contributed by atoms with Crippen LogP contribution in [0.15, 0.2) is 34.7 Å². The Morgan fingerprint density at radius 1 is 1.24 bits per heavy atom. The average Bonchev–Trinajstić information content (AvgIpc) is 2.85. The number of benzene rings is 1. The summed E-state index contributed by atoms with van der Waals surface area (Å²) in [6.07, 6.45) is 0. The van der Waals surface area contributed by atoms with Crippen molar-refractivity contribution in [2.45, 2.75) is 13.5 Å². The number of hydrogen-bond donors (Lipinski definition) is 1. The maximum Gasteiger partial charge on any atom is 0.247 e. The van der Waals surface area contributed by atoms with Crippen molar-refractivity contribution in [1.82, 2.24) is 15.5 Å². The summed E-state index contributed by atoms with van der Waals surface area (Å²) in [5.41, 5.74) is 0.930. The van der Waals surface area contributed by atoms with Gasteiger partial charge in [-0.3, -0.25) is 5.32 Å². The minimum atomic E-state index is 0.536. The van der Waals surface area contributed by atoms with Gasteiger partial charge >= 0.3 is 0 Å². The molecule has 86 valence electrons. The first-order valence-electron chi connectivity index (χ1n) is 5.38. The summed E-state index contributed by atoms with van der Waals surface area (Å²) in [6, 6.07) is 9.70. The van der Waals surface area contributed by atoms with E-state index in [2.05, 4.69) is 27.4 Å². The van der Waals surface area contributed by atoms with Gasteiger partial charge in [-0.25, -0.2) is 0 Å². The first kappa shape index (κ1) is 11.4. The second kappa shape index (κ2) is 5.83. The molecule has 0 aliphatic rings. The van der Waals surface area contributed by atoms with Crippen LogP contribution in [0.2, 0.25) is 0 Å². The lowest BCUT2D eigenvalue weighted by atomic mass is 10.2. The maximum absolute atomic E-state index is 5.52. The van der Waals surface area contributed by atoms with Crippen LogP contribution in [0.3, 0.4) is 0 Å². The predicted molar refractivity (Wildman–Crippen MR) is 64.9 cm³/mol. The van der Waals surface area contributed by atoms with Gasteiger partial charge in [0.1, 0.15) is 0 Å². The smallest absolute Gasteiger partial charge is 0.247 e. The van der Waals surface area contributed by atoms with E-state index in [-0.39, 0.29) is 0 Å². The van der Waals surface area contributed by atoms with Crippen molar-refractivity contribution in [3.8, 4) is 23.3 Å². The van der Waals surface area contributed by atoms with Crippen LogP contribution in [0.25, 0.3) is 11.5 Å². The number of rotatable bonds is 4. The molecule has 1 aromatic heterocycles. The molecule has 0 spiro atoms. The van der Waals surface area contributed by atoms with E-state index < -0.39 is 0 Å². The molecule has 0 atom stereocenters. The summed E-state index contributed by atoms with van der Waals surface area (Å²) in [6.45, 7) is 2.97. The Morgan fingerprint density at radius 3 is 2.82 bits per heavy atom. The second-order valence-electron chi connectivity index (χ2n) is 3.40. The quantitative estimate of drug-likeness (QED) is 0.639. The molecule has 0 amide bonds. The molecule has 0 unspecified atom stereocenters. The van der Waals surface area contributed by atoms with E-state index in [4.69, 9.17) is 4.42 Å². The van der Waals surface area contributed by atoms with Gasteiger partial charge in [-0.2, -0.15) is 0 Å². The number of nitrogens with zero attached hydrogens (tertiary/aromatic N) is 2. The van der Waals surface area contributed by atoms with Crippen molar-refractivity contribution in [1.29, 1.82) is 0 Å². The van der Waals surface area contributed by atoms with Gasteiger partial charge in [0.05, 0.1) is 13.1 Å². The van der Waals surface area contributed by atoms with Gasteiger partial charge in [-0.1, -0.05) is 24.1 Å². The first-order chi connectivity index (χ1) is 8.40. The molecule has 1 aromatic carbocycles. The normalized spacial score (nSPS) is 9.71. The fourth-order valence-corrected chi connectivity index (χ4v) is 1.34. The minimum Gasteiger partial charge on any atom is -0.419 e. The van der Waals surface area contributed by atoms with Crippen LogP contribution in [0.1, 0.15) is 12.8 Å². The molecule has 0 aliphatic carbocycles. The summed E-state index contributed by atoms with van der Waals surface area (Å²) in [5, 5.41) is 11.1. The Labute approximate surface area is 100 Å². The van der Waals surface area contributed by atoms with E-state index in [1.807, 2.05) is 37.3 Å². The van der Waals surface area contributed by atoms with E-state index in [1.54, 1.807) is 0 Å². The molecular formula is C13H13N3O. The van der Waals surface area contributed by atoms with Crippen LogP contribution < -0.4 is 5.32 Å². The van der Waals surface area contributed by atoms with Crippen molar-refractivity contribution in [2.75, 3.05) is 6.54 Å². The zero-order valence-corrected chi connectivity index (χ0v) is 9.60. The second-order valence-corrected chi connectivity index (χ2v) is 3.40. The minimum absolute atomic E-state index is 0.536. The molecule has 17 heavy (non-hydrogen) atoms. The topological polar surface area (TPSA) is 51.0 Å². The van der Waals surface area contributed by atoms with Crippen molar-refractivity contribution < 1.29 is 4.42 Å². The molecule has 2 aromatic rings. The summed E-state index contributed by atoms with van der Waals surface area (Å²) in [7, 11) is 0. The third-order valence-corrected chi connectivity index (χ3v) is 2.15. The Kier molecular flexibility index (Phi) is 3.90. The highest BCUT2D eigenvalue weighted by Crippen LogP contribution is 2.16. The Morgan fingerprint density at radius 2 is 2.06 bits per heavy atom. The van der Waals surface area contributed by atoms with Gasteiger partial charge in [-0.05, 0) is 19.1 Å². The Bertz CT molecular complexity index is 522. The van der Waals surface area contributed by atoms with Gasteiger partial charge in [0, 0.05) is 5.56 Å². The van der Waals surface area contributed by atoms with Crippen LogP contribution in [0, 0.1) is 11.8 Å². The molecule has 1 N–H and O–H groups in total. The van der Waals surface area contributed by atoms with Gasteiger partial charge in [0.2, 0.25) is 11.8 Å². The molecule has 4 nitrogen and oxygen atoms in total. The van der Waals surface area contributed by atoms with Crippen LogP contribution in [0.5, 0.6) is 0 Å². The fraction of sp³-hybridized carbons (Fsp3) is 0.231. The van der Waals surface area contributed by atoms with Gasteiger partial charge in [-0.15, -0.1) is 16.1 Å². The molecule has 1 heterocycles. The van der Waals surface area contributed by atoms with Crippen LogP contribution in [-0.4, -0.2) is 16.7 Å². The number of aromatic nitrogens is 2. The highest BCUT2D eigenvalue weighted by molar-refractivity contribution is 5.51. The largest absolute Gasteiger partial charge is 0.419 e. The zero-order valence-electron chi connectivity index (χ0n) is 9.60. The molecule has 0 saturated heterocycles. The van der Waals surface area contributed by atoms with Gasteiger partial charge in [0.25, 0.3) is 0 Å². The van der Waals surface area contributed by atoms with E-state index >= 15 is 0 Å². The molecule has 0 fully saturated rings. The summed E-state index contributed by atoms with van der Waals surface area (Å²) < 4.78 is 5.52. The molecule has 2 rings (SSSR count). The molecular weight excluding hydrogens is 214 g/mol. The highest BCUT2D eigenvalue weighted by atomic mass is 16.4. The number of nitrogens with one attached hydrogen (secondary N) is 1.